The molecule has 0 aliphatic heterocycles. The van der Waals surface area contributed by atoms with Crippen LogP contribution in [0.2, 0.25) is 0 Å². The molecule has 1 aliphatic carbocycles. The third kappa shape index (κ3) is 3.77. The molecule has 0 aromatic carbocycles. The third-order valence-corrected chi connectivity index (χ3v) is 3.50. The van der Waals surface area contributed by atoms with Crippen molar-refractivity contribution in [2.24, 2.45) is 0 Å². The molecule has 102 valence electrons. The van der Waals surface area contributed by atoms with Crippen LogP contribution in [0.15, 0.2) is 33.8 Å². The molecule has 3 nitrogen and oxygen atoms in total. The van der Waals surface area contributed by atoms with E-state index in [-0.39, 0.29) is 33.1 Å². The Morgan fingerprint density at radius 3 is 2.32 bits per heavy atom. The molecule has 0 bridgehead atoms. The van der Waals surface area contributed by atoms with Gasteiger partial charge < -0.3 is 0 Å². The van der Waals surface area contributed by atoms with Crippen LogP contribution in [0.3, 0.4) is 0 Å². The SMILES string of the molecule is CC(C)=CC(=O)C1=C(SC(C)C)C(=O)C(C)=CC1=O. The second kappa shape index (κ2) is 6.15. The fourth-order valence-corrected chi connectivity index (χ4v) is 2.71. The lowest BCUT2D eigenvalue weighted by atomic mass is 9.94. The smallest absolute Gasteiger partial charge is 0.196 e. The Morgan fingerprint density at radius 1 is 1.26 bits per heavy atom. The minimum absolute atomic E-state index is 0.00972. The lowest BCUT2D eigenvalue weighted by molar-refractivity contribution is -0.119. The van der Waals surface area contributed by atoms with Crippen molar-refractivity contribution in [2.45, 2.75) is 39.9 Å². The standard InChI is InChI=1S/C15H18O3S/c1-8(2)6-11(16)13-12(17)7-10(5)14(18)15(13)19-9(3)4/h6-7,9H,1-5H3. The third-order valence-electron chi connectivity index (χ3n) is 2.41. The van der Waals surface area contributed by atoms with E-state index in [1.807, 2.05) is 13.8 Å². The molecule has 0 spiro atoms. The van der Waals surface area contributed by atoms with E-state index in [9.17, 15) is 14.4 Å². The lowest BCUT2D eigenvalue weighted by Gasteiger charge is -2.17. The van der Waals surface area contributed by atoms with Crippen LogP contribution >= 0.6 is 11.8 Å². The van der Waals surface area contributed by atoms with E-state index < -0.39 is 0 Å². The average molecular weight is 278 g/mol. The van der Waals surface area contributed by atoms with Gasteiger partial charge in [0.2, 0.25) is 0 Å². The fraction of sp³-hybridized carbons (Fsp3) is 0.400. The Bertz CT molecular complexity index is 530. The molecule has 0 heterocycles. The highest BCUT2D eigenvalue weighted by Gasteiger charge is 2.30. The zero-order valence-electron chi connectivity index (χ0n) is 11.9. The molecule has 0 radical (unpaired) electrons. The second-order valence-corrected chi connectivity index (χ2v) is 6.56. The van der Waals surface area contributed by atoms with Gasteiger partial charge in [0.15, 0.2) is 17.3 Å². The number of thioether (sulfide) groups is 1. The van der Waals surface area contributed by atoms with Crippen LogP contribution in [-0.2, 0) is 14.4 Å². The van der Waals surface area contributed by atoms with Gasteiger partial charge >= 0.3 is 0 Å². The average Bonchev–Trinajstić information content (AvgIpc) is 2.23. The number of rotatable bonds is 4. The van der Waals surface area contributed by atoms with Crippen molar-refractivity contribution < 1.29 is 14.4 Å². The Morgan fingerprint density at radius 2 is 1.84 bits per heavy atom. The molecule has 4 heteroatoms. The molecule has 0 N–H and O–H groups in total. The summed E-state index contributed by atoms with van der Waals surface area (Å²) >= 11 is 1.27. The van der Waals surface area contributed by atoms with Crippen molar-refractivity contribution in [2.75, 3.05) is 0 Å². The van der Waals surface area contributed by atoms with Crippen molar-refractivity contribution in [3.63, 3.8) is 0 Å². The normalized spacial score (nSPS) is 15.8. The first-order valence-electron chi connectivity index (χ1n) is 6.11. The maximum absolute atomic E-state index is 12.1. The van der Waals surface area contributed by atoms with E-state index in [1.54, 1.807) is 20.8 Å². The summed E-state index contributed by atoms with van der Waals surface area (Å²) in [5.41, 5.74) is 1.20. The van der Waals surface area contributed by atoms with Gasteiger partial charge in [0.1, 0.15) is 0 Å². The van der Waals surface area contributed by atoms with Gasteiger partial charge in [0, 0.05) is 10.8 Å². The van der Waals surface area contributed by atoms with E-state index in [1.165, 1.54) is 23.9 Å². The molecule has 19 heavy (non-hydrogen) atoms. The summed E-state index contributed by atoms with van der Waals surface area (Å²) < 4.78 is 0. The van der Waals surface area contributed by atoms with Gasteiger partial charge in [0.25, 0.3) is 0 Å². The topological polar surface area (TPSA) is 51.2 Å². The number of carbonyl (C=O) groups is 3. The molecule has 0 unspecified atom stereocenters. The van der Waals surface area contributed by atoms with Crippen LogP contribution < -0.4 is 0 Å². The number of hydrogen-bond acceptors (Lipinski definition) is 4. The van der Waals surface area contributed by atoms with Gasteiger partial charge in [0.05, 0.1) is 10.5 Å². The molecule has 0 aromatic heterocycles. The first-order valence-corrected chi connectivity index (χ1v) is 6.99. The summed E-state index contributed by atoms with van der Waals surface area (Å²) in [5.74, 6) is -0.975. The second-order valence-electron chi connectivity index (χ2n) is 4.98. The lowest BCUT2D eigenvalue weighted by Crippen LogP contribution is -2.22. The van der Waals surface area contributed by atoms with E-state index in [2.05, 4.69) is 0 Å². The van der Waals surface area contributed by atoms with Crippen LogP contribution in [0.4, 0.5) is 0 Å². The van der Waals surface area contributed by atoms with Crippen molar-refractivity contribution in [1.29, 1.82) is 0 Å². The molecule has 0 saturated carbocycles. The van der Waals surface area contributed by atoms with Gasteiger partial charge in [-0.2, -0.15) is 0 Å². The summed E-state index contributed by atoms with van der Waals surface area (Å²) in [5, 5.41) is 0.132. The summed E-state index contributed by atoms with van der Waals surface area (Å²) in [7, 11) is 0. The molecule has 0 aromatic rings. The molecule has 0 saturated heterocycles. The van der Waals surface area contributed by atoms with Crippen molar-refractivity contribution in [3.05, 3.63) is 33.8 Å². The van der Waals surface area contributed by atoms with Crippen LogP contribution in [0.1, 0.15) is 34.6 Å². The predicted molar refractivity (Wildman–Crippen MR) is 78.0 cm³/mol. The molecular weight excluding hydrogens is 260 g/mol. The van der Waals surface area contributed by atoms with E-state index in [0.29, 0.717) is 5.57 Å². The van der Waals surface area contributed by atoms with Crippen LogP contribution in [-0.4, -0.2) is 22.6 Å². The quantitative estimate of drug-likeness (QED) is 0.450. The number of carbonyl (C=O) groups excluding carboxylic acids is 3. The van der Waals surface area contributed by atoms with Crippen LogP contribution in [0.5, 0.6) is 0 Å². The number of allylic oxidation sites excluding steroid dienone is 6. The van der Waals surface area contributed by atoms with Gasteiger partial charge in [-0.25, -0.2) is 0 Å². The minimum Gasteiger partial charge on any atom is -0.289 e. The first-order chi connectivity index (χ1) is 8.73. The maximum Gasteiger partial charge on any atom is 0.196 e. The van der Waals surface area contributed by atoms with Gasteiger partial charge in [-0.1, -0.05) is 19.4 Å². The monoisotopic (exact) mass is 278 g/mol. The summed E-state index contributed by atoms with van der Waals surface area (Å²) in [4.78, 5) is 36.5. The Labute approximate surface area is 117 Å². The number of hydrogen-bond donors (Lipinski definition) is 0. The van der Waals surface area contributed by atoms with Crippen molar-refractivity contribution in [1.82, 2.24) is 0 Å². The van der Waals surface area contributed by atoms with Gasteiger partial charge in [-0.05, 0) is 32.9 Å². The Hall–Kier alpha value is -1.42. The highest BCUT2D eigenvalue weighted by Crippen LogP contribution is 2.32. The fourth-order valence-electron chi connectivity index (χ4n) is 1.65. The van der Waals surface area contributed by atoms with E-state index in [4.69, 9.17) is 0 Å². The summed E-state index contributed by atoms with van der Waals surface area (Å²) in [6.07, 6.45) is 2.65. The van der Waals surface area contributed by atoms with Gasteiger partial charge in [-0.3, -0.25) is 14.4 Å². The number of Topliss-reactive ketones (excluding diaryl/α,β-unsaturated/α-hetero) is 1. The number of ketones is 3. The van der Waals surface area contributed by atoms with Gasteiger partial charge in [-0.15, -0.1) is 11.8 Å². The first kappa shape index (κ1) is 15.6. The highest BCUT2D eigenvalue weighted by molar-refractivity contribution is 8.04. The molecule has 0 amide bonds. The largest absolute Gasteiger partial charge is 0.289 e. The van der Waals surface area contributed by atoms with Crippen LogP contribution in [0, 0.1) is 0 Å². The van der Waals surface area contributed by atoms with Crippen molar-refractivity contribution in [3.8, 4) is 0 Å². The summed E-state index contributed by atoms with van der Waals surface area (Å²) in [6, 6.07) is 0. The predicted octanol–water partition coefficient (Wildman–Crippen LogP) is 3.02. The van der Waals surface area contributed by atoms with Crippen molar-refractivity contribution >= 4 is 29.1 Å². The Balaban J connectivity index is 3.35. The van der Waals surface area contributed by atoms with E-state index >= 15 is 0 Å². The highest BCUT2D eigenvalue weighted by atomic mass is 32.2. The molecular formula is C15H18O3S. The minimum atomic E-state index is -0.384. The van der Waals surface area contributed by atoms with Crippen LogP contribution in [0.25, 0.3) is 0 Å². The Kier molecular flexibility index (Phi) is 5.06. The molecule has 1 rings (SSSR count). The zero-order valence-corrected chi connectivity index (χ0v) is 12.7. The summed E-state index contributed by atoms with van der Waals surface area (Å²) in [6.45, 7) is 9.01. The molecule has 0 fully saturated rings. The molecule has 1 aliphatic rings. The molecule has 0 atom stereocenters. The zero-order chi connectivity index (χ0) is 14.7. The maximum atomic E-state index is 12.1. The van der Waals surface area contributed by atoms with E-state index in [0.717, 1.165) is 5.57 Å².